The predicted molar refractivity (Wildman–Crippen MR) is 132 cm³/mol. The van der Waals surface area contributed by atoms with Gasteiger partial charge in [-0.25, -0.2) is 0 Å². The van der Waals surface area contributed by atoms with Crippen LogP contribution in [0.15, 0.2) is 66.7 Å². The molecule has 3 rings (SSSR count). The average Bonchev–Trinajstić information content (AvgIpc) is 2.84. The maximum atomic E-state index is 12.1. The highest BCUT2D eigenvalue weighted by Gasteiger charge is 2.12. The van der Waals surface area contributed by atoms with Crippen molar-refractivity contribution in [2.24, 2.45) is 0 Å². The molecule has 3 aromatic carbocycles. The van der Waals surface area contributed by atoms with E-state index in [1.54, 1.807) is 39.5 Å². The van der Waals surface area contributed by atoms with Gasteiger partial charge in [0.25, 0.3) is 0 Å². The fraction of sp³-hybridized carbons (Fsp3) is 0.192. The number of nitrogen functional groups attached to an aromatic ring is 1. The second-order valence-electron chi connectivity index (χ2n) is 7.29. The summed E-state index contributed by atoms with van der Waals surface area (Å²) in [5.74, 6) is 1.60. The Kier molecular flexibility index (Phi) is 8.32. The van der Waals surface area contributed by atoms with Gasteiger partial charge in [0.05, 0.1) is 32.7 Å². The molecule has 0 saturated heterocycles. The van der Waals surface area contributed by atoms with Gasteiger partial charge in [-0.1, -0.05) is 36.4 Å². The van der Waals surface area contributed by atoms with Crippen LogP contribution in [0.25, 0.3) is 6.08 Å². The van der Waals surface area contributed by atoms with Crippen LogP contribution in [0.4, 0.5) is 11.4 Å². The zero-order valence-corrected chi connectivity index (χ0v) is 19.1. The van der Waals surface area contributed by atoms with Crippen molar-refractivity contribution in [2.75, 3.05) is 32.4 Å². The number of amides is 1. The minimum Gasteiger partial charge on any atom is -0.493 e. The van der Waals surface area contributed by atoms with Gasteiger partial charge in [-0.05, 0) is 47.0 Å². The molecule has 0 fully saturated rings. The summed E-state index contributed by atoms with van der Waals surface area (Å²) in [7, 11) is 4.79. The van der Waals surface area contributed by atoms with Crippen LogP contribution in [0, 0.1) is 0 Å². The largest absolute Gasteiger partial charge is 0.493 e. The van der Waals surface area contributed by atoms with Crippen molar-refractivity contribution in [3.8, 4) is 17.2 Å². The summed E-state index contributed by atoms with van der Waals surface area (Å²) in [6.45, 7) is 1.33. The lowest BCUT2D eigenvalue weighted by Crippen LogP contribution is -2.13. The van der Waals surface area contributed by atoms with Gasteiger partial charge in [0.2, 0.25) is 11.7 Å². The van der Waals surface area contributed by atoms with Crippen LogP contribution in [-0.4, -0.2) is 27.2 Å². The van der Waals surface area contributed by atoms with Crippen LogP contribution in [0.2, 0.25) is 0 Å². The molecule has 0 radical (unpaired) electrons. The molecule has 7 nitrogen and oxygen atoms in total. The van der Waals surface area contributed by atoms with Crippen LogP contribution in [0.3, 0.4) is 0 Å². The van der Waals surface area contributed by atoms with Crippen molar-refractivity contribution in [2.45, 2.75) is 13.1 Å². The number of rotatable bonds is 10. The van der Waals surface area contributed by atoms with Crippen LogP contribution in [0.1, 0.15) is 16.7 Å². The summed E-state index contributed by atoms with van der Waals surface area (Å²) in [6.07, 6.45) is 3.26. The van der Waals surface area contributed by atoms with E-state index in [4.69, 9.17) is 19.9 Å². The fourth-order valence-corrected chi connectivity index (χ4v) is 3.29. The third-order valence-electron chi connectivity index (χ3n) is 5.01. The Morgan fingerprint density at radius 3 is 2.12 bits per heavy atom. The Labute approximate surface area is 194 Å². The Morgan fingerprint density at radius 1 is 0.879 bits per heavy atom. The number of carbonyl (C=O) groups is 1. The summed E-state index contributed by atoms with van der Waals surface area (Å²) in [6, 6.07) is 19.0. The van der Waals surface area contributed by atoms with Gasteiger partial charge >= 0.3 is 0 Å². The van der Waals surface area contributed by atoms with Crippen molar-refractivity contribution in [1.82, 2.24) is 5.32 Å². The summed E-state index contributed by atoms with van der Waals surface area (Å²) >= 11 is 0. The molecule has 0 heterocycles. The highest BCUT2D eigenvalue weighted by Crippen LogP contribution is 2.38. The topological polar surface area (TPSA) is 94.8 Å². The number of nitrogens with two attached hydrogens (primary N) is 1. The number of nitrogens with one attached hydrogen (secondary N) is 2. The molecule has 0 spiro atoms. The Hall–Kier alpha value is -3.97. The molecule has 0 aliphatic rings. The van der Waals surface area contributed by atoms with E-state index < -0.39 is 0 Å². The second-order valence-corrected chi connectivity index (χ2v) is 7.29. The number of methoxy groups -OCH3 is 3. The molecule has 4 N–H and O–H groups in total. The van der Waals surface area contributed by atoms with E-state index in [2.05, 4.69) is 10.6 Å². The lowest BCUT2D eigenvalue weighted by molar-refractivity contribution is -0.111. The molecule has 33 heavy (non-hydrogen) atoms. The number of ether oxygens (including phenoxy) is 3. The summed E-state index contributed by atoms with van der Waals surface area (Å²) in [4.78, 5) is 12.1. The van der Waals surface area contributed by atoms with E-state index in [9.17, 15) is 4.79 Å². The van der Waals surface area contributed by atoms with Crippen LogP contribution in [-0.2, 0) is 17.9 Å². The third-order valence-corrected chi connectivity index (χ3v) is 5.01. The minimum absolute atomic E-state index is 0.232. The highest BCUT2D eigenvalue weighted by molar-refractivity contribution is 6.03. The zero-order chi connectivity index (χ0) is 23.6. The van der Waals surface area contributed by atoms with Gasteiger partial charge < -0.3 is 30.6 Å². The van der Waals surface area contributed by atoms with Gasteiger partial charge in [0, 0.05) is 19.2 Å². The molecule has 7 heteroatoms. The Bertz CT molecular complexity index is 1090. The number of anilines is 2. The SMILES string of the molecule is COc1cc(CNCc2ccc(C=CC(=O)Nc3ccccc3N)cc2)cc(OC)c1OC. The van der Waals surface area contributed by atoms with Crippen molar-refractivity contribution >= 4 is 23.4 Å². The van der Waals surface area contributed by atoms with Crippen LogP contribution < -0.4 is 30.6 Å². The van der Waals surface area contributed by atoms with Gasteiger partial charge in [-0.2, -0.15) is 0 Å². The third kappa shape index (κ3) is 6.51. The molecule has 0 aliphatic heterocycles. The predicted octanol–water partition coefficient (Wildman–Crippen LogP) is 4.24. The van der Waals surface area contributed by atoms with E-state index >= 15 is 0 Å². The lowest BCUT2D eigenvalue weighted by atomic mass is 10.1. The summed E-state index contributed by atoms with van der Waals surface area (Å²) in [5.41, 5.74) is 10.1. The number of hydrogen-bond acceptors (Lipinski definition) is 6. The van der Waals surface area contributed by atoms with Crippen molar-refractivity contribution < 1.29 is 19.0 Å². The first kappa shape index (κ1) is 23.7. The summed E-state index contributed by atoms with van der Waals surface area (Å²) in [5, 5.41) is 6.19. The molecule has 172 valence electrons. The lowest BCUT2D eigenvalue weighted by Gasteiger charge is -2.14. The van der Waals surface area contributed by atoms with Gasteiger partial charge in [0.1, 0.15) is 0 Å². The number of benzene rings is 3. The Balaban J connectivity index is 1.53. The number of carbonyl (C=O) groups excluding carboxylic acids is 1. The summed E-state index contributed by atoms with van der Waals surface area (Å²) < 4.78 is 16.2. The van der Waals surface area contributed by atoms with Crippen molar-refractivity contribution in [3.05, 3.63) is 83.4 Å². The van der Waals surface area contributed by atoms with E-state index in [0.717, 1.165) is 16.7 Å². The first-order chi connectivity index (χ1) is 16.0. The molecule has 0 aromatic heterocycles. The van der Waals surface area contributed by atoms with Gasteiger partial charge in [-0.15, -0.1) is 0 Å². The van der Waals surface area contributed by atoms with E-state index in [0.29, 0.717) is 41.7 Å². The van der Waals surface area contributed by atoms with Crippen LogP contribution in [0.5, 0.6) is 17.2 Å². The van der Waals surface area contributed by atoms with E-state index in [1.807, 2.05) is 48.5 Å². The molecule has 3 aromatic rings. The zero-order valence-electron chi connectivity index (χ0n) is 19.1. The first-order valence-electron chi connectivity index (χ1n) is 10.5. The average molecular weight is 448 g/mol. The molecular formula is C26H29N3O4. The Morgan fingerprint density at radius 2 is 1.52 bits per heavy atom. The molecule has 0 atom stereocenters. The first-order valence-corrected chi connectivity index (χ1v) is 10.5. The molecule has 0 unspecified atom stereocenters. The monoisotopic (exact) mass is 447 g/mol. The standard InChI is InChI=1S/C26H29N3O4/c1-31-23-14-20(15-24(32-2)26(23)33-3)17-28-16-19-10-8-18(9-11-19)12-13-25(30)29-22-7-5-4-6-21(22)27/h4-15,28H,16-17,27H2,1-3H3,(H,29,30). The number of para-hydroxylation sites is 2. The van der Waals surface area contributed by atoms with E-state index in [1.165, 1.54) is 6.08 Å². The quantitative estimate of drug-likeness (QED) is 0.318. The number of hydrogen-bond donors (Lipinski definition) is 3. The molecule has 0 bridgehead atoms. The molecule has 0 aliphatic carbocycles. The highest BCUT2D eigenvalue weighted by atomic mass is 16.5. The fourth-order valence-electron chi connectivity index (χ4n) is 3.29. The molecule has 1 amide bonds. The van der Waals surface area contributed by atoms with Crippen molar-refractivity contribution in [3.63, 3.8) is 0 Å². The smallest absolute Gasteiger partial charge is 0.248 e. The molecule has 0 saturated carbocycles. The van der Waals surface area contributed by atoms with Crippen LogP contribution >= 0.6 is 0 Å². The van der Waals surface area contributed by atoms with Gasteiger partial charge in [0.15, 0.2) is 11.5 Å². The van der Waals surface area contributed by atoms with Gasteiger partial charge in [-0.3, -0.25) is 4.79 Å². The molecular weight excluding hydrogens is 418 g/mol. The van der Waals surface area contributed by atoms with Crippen molar-refractivity contribution in [1.29, 1.82) is 0 Å². The second kappa shape index (κ2) is 11.6. The maximum Gasteiger partial charge on any atom is 0.248 e. The van der Waals surface area contributed by atoms with E-state index in [-0.39, 0.29) is 5.91 Å². The minimum atomic E-state index is -0.232. The maximum absolute atomic E-state index is 12.1. The normalized spacial score (nSPS) is 10.8.